The summed E-state index contributed by atoms with van der Waals surface area (Å²) >= 11 is 0. The van der Waals surface area contributed by atoms with Crippen molar-refractivity contribution in [1.29, 1.82) is 0 Å². The van der Waals surface area contributed by atoms with Gasteiger partial charge in [-0.15, -0.1) is 0 Å². The molecule has 0 heterocycles. The molecule has 0 atom stereocenters. The highest BCUT2D eigenvalue weighted by atomic mass is 16.4. The lowest BCUT2D eigenvalue weighted by Crippen LogP contribution is -2.00. The molecular formula is C13H12O3. The number of carboxylic acids is 1. The molecule has 0 saturated heterocycles. The zero-order valence-electron chi connectivity index (χ0n) is 9.11. The minimum Gasteiger partial charge on any atom is -0.508 e. The molecule has 2 rings (SSSR count). The van der Waals surface area contributed by atoms with Crippen LogP contribution in [-0.2, 0) is 0 Å². The van der Waals surface area contributed by atoms with E-state index in [9.17, 15) is 9.90 Å². The van der Waals surface area contributed by atoms with Crippen LogP contribution < -0.4 is 0 Å². The average molecular weight is 216 g/mol. The number of phenolic OH excluding ortho intramolecular Hbond substituents is 1. The molecule has 0 fully saturated rings. The summed E-state index contributed by atoms with van der Waals surface area (Å²) in [5.74, 6) is -0.694. The summed E-state index contributed by atoms with van der Waals surface area (Å²) in [6, 6.07) is 6.66. The van der Waals surface area contributed by atoms with Crippen molar-refractivity contribution < 1.29 is 15.0 Å². The topological polar surface area (TPSA) is 57.5 Å². The number of aryl methyl sites for hydroxylation is 2. The van der Waals surface area contributed by atoms with Crippen molar-refractivity contribution in [3.05, 3.63) is 41.0 Å². The fourth-order valence-corrected chi connectivity index (χ4v) is 1.93. The Morgan fingerprint density at radius 3 is 2.19 bits per heavy atom. The van der Waals surface area contributed by atoms with Crippen LogP contribution in [0.1, 0.15) is 21.5 Å². The van der Waals surface area contributed by atoms with Gasteiger partial charge in [0.25, 0.3) is 0 Å². The number of phenols is 1. The second-order valence-corrected chi connectivity index (χ2v) is 3.85. The highest BCUT2D eigenvalue weighted by Crippen LogP contribution is 2.29. The van der Waals surface area contributed by atoms with Gasteiger partial charge in [0.2, 0.25) is 0 Å². The first-order valence-electron chi connectivity index (χ1n) is 4.97. The van der Waals surface area contributed by atoms with Crippen LogP contribution in [0.25, 0.3) is 10.8 Å². The molecule has 3 nitrogen and oxygen atoms in total. The van der Waals surface area contributed by atoms with E-state index < -0.39 is 5.97 Å². The summed E-state index contributed by atoms with van der Waals surface area (Å²) in [7, 11) is 0. The smallest absolute Gasteiger partial charge is 0.335 e. The van der Waals surface area contributed by atoms with Crippen molar-refractivity contribution in [2.75, 3.05) is 0 Å². The van der Waals surface area contributed by atoms with Crippen LogP contribution in [0, 0.1) is 13.8 Å². The summed E-state index contributed by atoms with van der Waals surface area (Å²) in [6.45, 7) is 3.60. The fraction of sp³-hybridized carbons (Fsp3) is 0.154. The molecular weight excluding hydrogens is 204 g/mol. The van der Waals surface area contributed by atoms with Crippen LogP contribution in [0.4, 0.5) is 0 Å². The zero-order valence-corrected chi connectivity index (χ0v) is 9.11. The van der Waals surface area contributed by atoms with E-state index in [-0.39, 0.29) is 5.75 Å². The Balaban J connectivity index is 2.87. The largest absolute Gasteiger partial charge is 0.508 e. The summed E-state index contributed by atoms with van der Waals surface area (Å²) in [4.78, 5) is 11.0. The van der Waals surface area contributed by atoms with E-state index in [2.05, 4.69) is 0 Å². The van der Waals surface area contributed by atoms with Gasteiger partial charge < -0.3 is 10.2 Å². The molecule has 0 aliphatic heterocycles. The molecule has 0 amide bonds. The first-order valence-corrected chi connectivity index (χ1v) is 4.97. The van der Waals surface area contributed by atoms with E-state index in [1.807, 2.05) is 6.92 Å². The first-order chi connectivity index (χ1) is 7.52. The lowest BCUT2D eigenvalue weighted by Gasteiger charge is -2.09. The third-order valence-corrected chi connectivity index (χ3v) is 2.94. The van der Waals surface area contributed by atoms with Gasteiger partial charge in [0.1, 0.15) is 5.75 Å². The molecule has 16 heavy (non-hydrogen) atoms. The van der Waals surface area contributed by atoms with Crippen molar-refractivity contribution in [3.8, 4) is 5.75 Å². The Morgan fingerprint density at radius 2 is 1.56 bits per heavy atom. The second kappa shape index (κ2) is 3.52. The molecule has 2 N–H and O–H groups in total. The van der Waals surface area contributed by atoms with Crippen LogP contribution in [0.2, 0.25) is 0 Å². The van der Waals surface area contributed by atoms with Gasteiger partial charge in [-0.2, -0.15) is 0 Å². The highest BCUT2D eigenvalue weighted by Gasteiger charge is 2.11. The van der Waals surface area contributed by atoms with E-state index in [4.69, 9.17) is 5.11 Å². The third-order valence-electron chi connectivity index (χ3n) is 2.94. The Bertz CT molecular complexity index is 585. The molecule has 0 unspecified atom stereocenters. The van der Waals surface area contributed by atoms with Crippen LogP contribution in [0.15, 0.2) is 24.3 Å². The van der Waals surface area contributed by atoms with Gasteiger partial charge in [0.05, 0.1) is 5.56 Å². The third kappa shape index (κ3) is 1.41. The van der Waals surface area contributed by atoms with Crippen molar-refractivity contribution in [2.45, 2.75) is 13.8 Å². The van der Waals surface area contributed by atoms with Crippen molar-refractivity contribution in [1.82, 2.24) is 0 Å². The molecule has 0 spiro atoms. The van der Waals surface area contributed by atoms with Crippen LogP contribution in [0.5, 0.6) is 5.75 Å². The first kappa shape index (κ1) is 10.5. The number of hydrogen-bond acceptors (Lipinski definition) is 2. The molecule has 2 aromatic rings. The van der Waals surface area contributed by atoms with Crippen LogP contribution in [-0.4, -0.2) is 16.2 Å². The van der Waals surface area contributed by atoms with Gasteiger partial charge in [-0.25, -0.2) is 4.79 Å². The fourth-order valence-electron chi connectivity index (χ4n) is 1.93. The normalized spacial score (nSPS) is 10.6. The van der Waals surface area contributed by atoms with E-state index in [0.29, 0.717) is 5.56 Å². The Kier molecular flexibility index (Phi) is 2.31. The molecule has 0 saturated carbocycles. The number of carbonyl (C=O) groups is 1. The monoisotopic (exact) mass is 216 g/mol. The maximum absolute atomic E-state index is 11.0. The van der Waals surface area contributed by atoms with E-state index in [1.165, 1.54) is 0 Å². The number of carboxylic acid groups (broad SMARTS) is 1. The standard InChI is InChI=1S/C13H12O3/c1-7-9-5-6-12(14)8(2)10(9)3-4-11(7)13(15)16/h3-6,14H,1-2H3,(H,15,16). The minimum atomic E-state index is -0.926. The molecule has 82 valence electrons. The van der Waals surface area contributed by atoms with Gasteiger partial charge in [-0.3, -0.25) is 0 Å². The summed E-state index contributed by atoms with van der Waals surface area (Å²) in [5, 5.41) is 20.3. The van der Waals surface area contributed by atoms with Gasteiger partial charge in [0, 0.05) is 0 Å². The number of rotatable bonds is 1. The van der Waals surface area contributed by atoms with Crippen molar-refractivity contribution in [3.63, 3.8) is 0 Å². The van der Waals surface area contributed by atoms with Crippen molar-refractivity contribution >= 4 is 16.7 Å². The maximum atomic E-state index is 11.0. The van der Waals surface area contributed by atoms with E-state index in [1.54, 1.807) is 31.2 Å². The second-order valence-electron chi connectivity index (χ2n) is 3.85. The minimum absolute atomic E-state index is 0.231. The molecule has 0 aliphatic carbocycles. The number of fused-ring (bicyclic) bond motifs is 1. The SMILES string of the molecule is Cc1c(O)ccc2c(C)c(C(=O)O)ccc12. The average Bonchev–Trinajstić information content (AvgIpc) is 2.23. The highest BCUT2D eigenvalue weighted by molar-refractivity contribution is 5.99. The van der Waals surface area contributed by atoms with Crippen LogP contribution >= 0.6 is 0 Å². The predicted molar refractivity (Wildman–Crippen MR) is 62.0 cm³/mol. The molecule has 2 aromatic carbocycles. The van der Waals surface area contributed by atoms with E-state index in [0.717, 1.165) is 21.9 Å². The number of hydrogen-bond donors (Lipinski definition) is 2. The summed E-state index contributed by atoms with van der Waals surface area (Å²) < 4.78 is 0. The van der Waals surface area contributed by atoms with Crippen molar-refractivity contribution in [2.24, 2.45) is 0 Å². The van der Waals surface area contributed by atoms with E-state index >= 15 is 0 Å². The van der Waals surface area contributed by atoms with Gasteiger partial charge >= 0.3 is 5.97 Å². The van der Waals surface area contributed by atoms with Gasteiger partial charge in [-0.1, -0.05) is 12.1 Å². The molecule has 3 heteroatoms. The molecule has 0 aliphatic rings. The number of aromatic hydroxyl groups is 1. The van der Waals surface area contributed by atoms with Gasteiger partial charge in [-0.05, 0) is 47.9 Å². The molecule has 0 radical (unpaired) electrons. The Hall–Kier alpha value is -2.03. The Morgan fingerprint density at radius 1 is 1.00 bits per heavy atom. The zero-order chi connectivity index (χ0) is 11.9. The summed E-state index contributed by atoms with van der Waals surface area (Å²) in [6.07, 6.45) is 0. The quantitative estimate of drug-likeness (QED) is 0.770. The number of aromatic carboxylic acids is 1. The van der Waals surface area contributed by atoms with Crippen LogP contribution in [0.3, 0.4) is 0 Å². The molecule has 0 bridgehead atoms. The predicted octanol–water partition coefficient (Wildman–Crippen LogP) is 2.86. The molecule has 0 aromatic heterocycles. The van der Waals surface area contributed by atoms with Gasteiger partial charge in [0.15, 0.2) is 0 Å². The lowest BCUT2D eigenvalue weighted by atomic mass is 9.97. The maximum Gasteiger partial charge on any atom is 0.335 e. The summed E-state index contributed by atoms with van der Waals surface area (Å²) in [5.41, 5.74) is 1.81. The Labute approximate surface area is 93.0 Å². The lowest BCUT2D eigenvalue weighted by molar-refractivity contribution is 0.0696. The number of benzene rings is 2.